The zero-order chi connectivity index (χ0) is 17.1. The number of nitro benzene ring substituents is 1. The maximum Gasteiger partial charge on any atom is 0.282 e. The number of para-hydroxylation sites is 1. The van der Waals surface area contributed by atoms with E-state index in [1.165, 1.54) is 24.4 Å². The summed E-state index contributed by atoms with van der Waals surface area (Å²) in [5, 5.41) is 15.8. The molecule has 0 radical (unpaired) electrons. The average molecular weight is 387 g/mol. The molecular formula is C16H11BrN4O3. The number of carbonyl (C=O) groups excluding carboxylic acids is 1. The lowest BCUT2D eigenvalue weighted by Crippen LogP contribution is -2.18. The van der Waals surface area contributed by atoms with Gasteiger partial charge in [-0.1, -0.05) is 28.1 Å². The Morgan fingerprint density at radius 1 is 1.29 bits per heavy atom. The molecular weight excluding hydrogens is 376 g/mol. The van der Waals surface area contributed by atoms with Crippen molar-refractivity contribution in [3.8, 4) is 0 Å². The van der Waals surface area contributed by atoms with Gasteiger partial charge in [0.05, 0.1) is 11.1 Å². The highest BCUT2D eigenvalue weighted by Gasteiger charge is 2.18. The number of amides is 1. The number of carbonyl (C=O) groups is 1. The average Bonchev–Trinajstić information content (AvgIpc) is 2.97. The van der Waals surface area contributed by atoms with E-state index in [-0.39, 0.29) is 11.3 Å². The van der Waals surface area contributed by atoms with Gasteiger partial charge in [0.1, 0.15) is 5.56 Å². The van der Waals surface area contributed by atoms with Gasteiger partial charge >= 0.3 is 0 Å². The highest BCUT2D eigenvalue weighted by Crippen LogP contribution is 2.21. The van der Waals surface area contributed by atoms with Crippen LogP contribution >= 0.6 is 15.9 Å². The number of fused-ring (bicyclic) bond motifs is 1. The highest BCUT2D eigenvalue weighted by molar-refractivity contribution is 9.10. The second-order valence-corrected chi connectivity index (χ2v) is 5.82. The van der Waals surface area contributed by atoms with Crippen molar-refractivity contribution in [3.05, 3.63) is 74.4 Å². The van der Waals surface area contributed by atoms with Crippen molar-refractivity contribution in [3.63, 3.8) is 0 Å². The molecule has 0 saturated heterocycles. The monoisotopic (exact) mass is 386 g/mol. The Morgan fingerprint density at radius 3 is 2.88 bits per heavy atom. The van der Waals surface area contributed by atoms with Crippen LogP contribution in [-0.2, 0) is 0 Å². The number of H-pyrrole nitrogens is 1. The van der Waals surface area contributed by atoms with E-state index in [0.717, 1.165) is 20.9 Å². The molecule has 2 aromatic carbocycles. The number of hydrogen-bond acceptors (Lipinski definition) is 4. The lowest BCUT2D eigenvalue weighted by molar-refractivity contribution is -0.385. The van der Waals surface area contributed by atoms with E-state index in [1.54, 1.807) is 12.3 Å². The number of aromatic nitrogens is 1. The predicted octanol–water partition coefficient (Wildman–Crippen LogP) is 3.60. The fraction of sp³-hybridized carbons (Fsp3) is 0. The van der Waals surface area contributed by atoms with Crippen molar-refractivity contribution >= 4 is 44.6 Å². The van der Waals surface area contributed by atoms with Gasteiger partial charge in [0, 0.05) is 33.2 Å². The summed E-state index contributed by atoms with van der Waals surface area (Å²) in [7, 11) is 0. The molecule has 1 heterocycles. The van der Waals surface area contributed by atoms with Crippen molar-refractivity contribution in [2.24, 2.45) is 5.10 Å². The fourth-order valence-electron chi connectivity index (χ4n) is 2.27. The molecule has 7 nitrogen and oxygen atoms in total. The molecule has 0 aliphatic carbocycles. The Balaban J connectivity index is 1.80. The van der Waals surface area contributed by atoms with E-state index in [0.29, 0.717) is 0 Å². The highest BCUT2D eigenvalue weighted by atomic mass is 79.9. The number of nitrogens with one attached hydrogen (secondary N) is 2. The summed E-state index contributed by atoms with van der Waals surface area (Å²) in [4.78, 5) is 25.5. The molecule has 3 aromatic rings. The van der Waals surface area contributed by atoms with Crippen LogP contribution in [-0.4, -0.2) is 22.0 Å². The second-order valence-electron chi connectivity index (χ2n) is 4.91. The number of nitro groups is 1. The number of benzene rings is 2. The van der Waals surface area contributed by atoms with Gasteiger partial charge in [-0.05, 0) is 24.3 Å². The van der Waals surface area contributed by atoms with E-state index in [1.807, 2.05) is 18.2 Å². The number of nitrogens with zero attached hydrogens (tertiary/aromatic N) is 2. The molecule has 0 aliphatic heterocycles. The minimum atomic E-state index is -0.639. The molecule has 0 bridgehead atoms. The third-order valence-corrected chi connectivity index (χ3v) is 3.88. The summed E-state index contributed by atoms with van der Waals surface area (Å²) < 4.78 is 0.924. The zero-order valence-electron chi connectivity index (χ0n) is 12.2. The third-order valence-electron chi connectivity index (χ3n) is 3.39. The van der Waals surface area contributed by atoms with Crippen molar-refractivity contribution in [1.29, 1.82) is 0 Å². The smallest absolute Gasteiger partial charge is 0.282 e. The van der Waals surface area contributed by atoms with Gasteiger partial charge in [0.25, 0.3) is 11.6 Å². The SMILES string of the molecule is O=C(N/N=C/c1c[nH]c2ccc(Br)cc12)c1ccccc1[N+](=O)[O-]. The van der Waals surface area contributed by atoms with Crippen molar-refractivity contribution in [1.82, 2.24) is 10.4 Å². The summed E-state index contributed by atoms with van der Waals surface area (Å²) in [5.74, 6) is -0.639. The Bertz CT molecular complexity index is 965. The summed E-state index contributed by atoms with van der Waals surface area (Å²) >= 11 is 3.40. The topological polar surface area (TPSA) is 100 Å². The van der Waals surface area contributed by atoms with Crippen LogP contribution in [0.5, 0.6) is 0 Å². The van der Waals surface area contributed by atoms with Crippen molar-refractivity contribution in [2.75, 3.05) is 0 Å². The normalized spacial score (nSPS) is 11.0. The first-order chi connectivity index (χ1) is 11.6. The Hall–Kier alpha value is -3.00. The predicted molar refractivity (Wildman–Crippen MR) is 94.2 cm³/mol. The first-order valence-corrected chi connectivity index (χ1v) is 7.69. The largest absolute Gasteiger partial charge is 0.361 e. The van der Waals surface area contributed by atoms with Crippen LogP contribution in [0.25, 0.3) is 10.9 Å². The van der Waals surface area contributed by atoms with Crippen molar-refractivity contribution < 1.29 is 9.72 Å². The molecule has 0 unspecified atom stereocenters. The number of rotatable bonds is 4. The number of hydrogen-bond donors (Lipinski definition) is 2. The maximum atomic E-state index is 12.1. The lowest BCUT2D eigenvalue weighted by Gasteiger charge is -2.00. The Labute approximate surface area is 144 Å². The zero-order valence-corrected chi connectivity index (χ0v) is 13.8. The molecule has 0 fully saturated rings. The van der Waals surface area contributed by atoms with E-state index >= 15 is 0 Å². The van der Waals surface area contributed by atoms with Gasteiger partial charge in [0.2, 0.25) is 0 Å². The molecule has 8 heteroatoms. The summed E-state index contributed by atoms with van der Waals surface area (Å²) in [5.41, 5.74) is 3.73. The molecule has 120 valence electrons. The van der Waals surface area contributed by atoms with Gasteiger partial charge in [-0.15, -0.1) is 0 Å². The molecule has 2 N–H and O–H groups in total. The second kappa shape index (κ2) is 6.63. The van der Waals surface area contributed by atoms with E-state index < -0.39 is 10.8 Å². The van der Waals surface area contributed by atoms with Crippen LogP contribution in [0.1, 0.15) is 15.9 Å². The van der Waals surface area contributed by atoms with Crippen LogP contribution in [0.15, 0.2) is 58.2 Å². The van der Waals surface area contributed by atoms with Crippen molar-refractivity contribution in [2.45, 2.75) is 0 Å². The standard InChI is InChI=1S/C16H11BrN4O3/c17-11-5-6-14-13(7-11)10(8-18-14)9-19-20-16(22)12-3-1-2-4-15(12)21(23)24/h1-9,18H,(H,20,22)/b19-9+. The minimum absolute atomic E-state index is 0.0404. The Kier molecular flexibility index (Phi) is 4.39. The quantitative estimate of drug-likeness (QED) is 0.406. The van der Waals surface area contributed by atoms with Gasteiger partial charge in [-0.25, -0.2) is 5.43 Å². The van der Waals surface area contributed by atoms with Crippen LogP contribution < -0.4 is 5.43 Å². The van der Waals surface area contributed by atoms with E-state index in [4.69, 9.17) is 0 Å². The molecule has 1 amide bonds. The van der Waals surface area contributed by atoms with E-state index in [2.05, 4.69) is 31.4 Å². The maximum absolute atomic E-state index is 12.1. The van der Waals surface area contributed by atoms with Crippen LogP contribution in [0.4, 0.5) is 5.69 Å². The van der Waals surface area contributed by atoms with Gasteiger partial charge in [0.15, 0.2) is 0 Å². The molecule has 0 aliphatic rings. The summed E-state index contributed by atoms with van der Waals surface area (Å²) in [6, 6.07) is 11.5. The molecule has 0 saturated carbocycles. The third kappa shape index (κ3) is 3.18. The summed E-state index contributed by atoms with van der Waals surface area (Å²) in [6.45, 7) is 0. The van der Waals surface area contributed by atoms with E-state index in [9.17, 15) is 14.9 Å². The lowest BCUT2D eigenvalue weighted by atomic mass is 10.2. The molecule has 3 rings (SSSR count). The molecule has 1 aromatic heterocycles. The Morgan fingerprint density at radius 2 is 2.08 bits per heavy atom. The number of halogens is 1. The van der Waals surface area contributed by atoms with Crippen LogP contribution in [0.3, 0.4) is 0 Å². The van der Waals surface area contributed by atoms with Gasteiger partial charge < -0.3 is 4.98 Å². The van der Waals surface area contributed by atoms with Gasteiger partial charge in [-0.2, -0.15) is 5.10 Å². The first kappa shape index (κ1) is 15.9. The van der Waals surface area contributed by atoms with Crippen LogP contribution in [0, 0.1) is 10.1 Å². The minimum Gasteiger partial charge on any atom is -0.361 e. The van der Waals surface area contributed by atoms with Crippen LogP contribution in [0.2, 0.25) is 0 Å². The fourth-order valence-corrected chi connectivity index (χ4v) is 2.63. The molecule has 0 atom stereocenters. The number of aromatic amines is 1. The summed E-state index contributed by atoms with van der Waals surface area (Å²) in [6.07, 6.45) is 3.25. The number of hydrazone groups is 1. The first-order valence-electron chi connectivity index (χ1n) is 6.90. The molecule has 24 heavy (non-hydrogen) atoms. The molecule has 0 spiro atoms. The van der Waals surface area contributed by atoms with Gasteiger partial charge in [-0.3, -0.25) is 14.9 Å².